The number of benzene rings is 2. The van der Waals surface area contributed by atoms with Gasteiger partial charge in [0.15, 0.2) is 0 Å². The molecule has 16 heavy (non-hydrogen) atoms. The highest BCUT2D eigenvalue weighted by molar-refractivity contribution is 5.72. The summed E-state index contributed by atoms with van der Waals surface area (Å²) < 4.78 is 5.46. The summed E-state index contributed by atoms with van der Waals surface area (Å²) in [7, 11) is 1.72. The number of aryl methyl sites for hydroxylation is 2. The van der Waals surface area contributed by atoms with Crippen LogP contribution in [0.25, 0.3) is 11.1 Å². The standard InChI is InChI=1S/C15H16O/c1-11-7-9-13(10-8-11)14-6-4-5-12(2)15(14)16-3/h4-10H,1-3H3. The zero-order valence-corrected chi connectivity index (χ0v) is 9.95. The van der Waals surface area contributed by atoms with E-state index in [1.807, 2.05) is 0 Å². The normalized spacial score (nSPS) is 10.2. The molecule has 82 valence electrons. The molecule has 2 rings (SSSR count). The SMILES string of the molecule is COc1c(C)cccc1-c1ccc(C)cc1. The molecule has 0 spiro atoms. The highest BCUT2D eigenvalue weighted by Gasteiger charge is 2.07. The summed E-state index contributed by atoms with van der Waals surface area (Å²) in [5.41, 5.74) is 4.80. The Balaban J connectivity index is 2.55. The third kappa shape index (κ3) is 1.94. The third-order valence-corrected chi connectivity index (χ3v) is 2.78. The van der Waals surface area contributed by atoms with E-state index in [1.165, 1.54) is 16.7 Å². The van der Waals surface area contributed by atoms with Gasteiger partial charge in [-0.05, 0) is 25.0 Å². The van der Waals surface area contributed by atoms with Crippen molar-refractivity contribution in [1.29, 1.82) is 0 Å². The molecule has 0 heterocycles. The van der Waals surface area contributed by atoms with Crippen LogP contribution in [0, 0.1) is 13.8 Å². The van der Waals surface area contributed by atoms with Crippen LogP contribution in [-0.4, -0.2) is 7.11 Å². The fourth-order valence-electron chi connectivity index (χ4n) is 1.88. The fraction of sp³-hybridized carbons (Fsp3) is 0.200. The summed E-state index contributed by atoms with van der Waals surface area (Å²) in [6.07, 6.45) is 0. The van der Waals surface area contributed by atoms with E-state index < -0.39 is 0 Å². The van der Waals surface area contributed by atoms with E-state index in [2.05, 4.69) is 56.3 Å². The van der Waals surface area contributed by atoms with Gasteiger partial charge in [-0.3, -0.25) is 0 Å². The fourth-order valence-corrected chi connectivity index (χ4v) is 1.88. The van der Waals surface area contributed by atoms with Gasteiger partial charge in [0.25, 0.3) is 0 Å². The number of hydrogen-bond acceptors (Lipinski definition) is 1. The minimum absolute atomic E-state index is 0.964. The molecule has 0 atom stereocenters. The van der Waals surface area contributed by atoms with Crippen LogP contribution in [0.2, 0.25) is 0 Å². The lowest BCUT2D eigenvalue weighted by Gasteiger charge is -2.11. The molecule has 0 N–H and O–H groups in total. The van der Waals surface area contributed by atoms with Gasteiger partial charge in [0.05, 0.1) is 7.11 Å². The van der Waals surface area contributed by atoms with E-state index >= 15 is 0 Å². The predicted octanol–water partition coefficient (Wildman–Crippen LogP) is 3.98. The van der Waals surface area contributed by atoms with E-state index in [1.54, 1.807) is 7.11 Å². The molecule has 0 saturated carbocycles. The Hall–Kier alpha value is -1.76. The van der Waals surface area contributed by atoms with Crippen molar-refractivity contribution in [3.8, 4) is 16.9 Å². The van der Waals surface area contributed by atoms with Crippen LogP contribution in [0.15, 0.2) is 42.5 Å². The van der Waals surface area contributed by atoms with Crippen molar-refractivity contribution in [3.05, 3.63) is 53.6 Å². The second kappa shape index (κ2) is 4.40. The smallest absolute Gasteiger partial charge is 0.129 e. The third-order valence-electron chi connectivity index (χ3n) is 2.78. The maximum Gasteiger partial charge on any atom is 0.129 e. The summed E-state index contributed by atoms with van der Waals surface area (Å²) >= 11 is 0. The first-order valence-corrected chi connectivity index (χ1v) is 5.43. The molecule has 0 radical (unpaired) electrons. The minimum atomic E-state index is 0.964. The molecular formula is C15H16O. The lowest BCUT2D eigenvalue weighted by Crippen LogP contribution is -1.90. The highest BCUT2D eigenvalue weighted by Crippen LogP contribution is 2.32. The maximum absolute atomic E-state index is 5.46. The molecule has 0 amide bonds. The summed E-state index contributed by atoms with van der Waals surface area (Å²) in [4.78, 5) is 0. The molecule has 0 saturated heterocycles. The summed E-state index contributed by atoms with van der Waals surface area (Å²) in [5.74, 6) is 0.964. The van der Waals surface area contributed by atoms with Gasteiger partial charge in [-0.2, -0.15) is 0 Å². The monoisotopic (exact) mass is 212 g/mol. The first kappa shape index (κ1) is 10.7. The van der Waals surface area contributed by atoms with Gasteiger partial charge in [-0.25, -0.2) is 0 Å². The van der Waals surface area contributed by atoms with Crippen LogP contribution >= 0.6 is 0 Å². The number of para-hydroxylation sites is 1. The van der Waals surface area contributed by atoms with E-state index in [4.69, 9.17) is 4.74 Å². The molecule has 0 bridgehead atoms. The van der Waals surface area contributed by atoms with Gasteiger partial charge >= 0.3 is 0 Å². The number of methoxy groups -OCH3 is 1. The molecule has 0 aliphatic heterocycles. The van der Waals surface area contributed by atoms with Crippen molar-refractivity contribution >= 4 is 0 Å². The van der Waals surface area contributed by atoms with Gasteiger partial charge in [0.2, 0.25) is 0 Å². The van der Waals surface area contributed by atoms with Crippen LogP contribution in [0.4, 0.5) is 0 Å². The van der Waals surface area contributed by atoms with Gasteiger partial charge in [-0.15, -0.1) is 0 Å². The number of hydrogen-bond donors (Lipinski definition) is 0. The van der Waals surface area contributed by atoms with E-state index in [9.17, 15) is 0 Å². The van der Waals surface area contributed by atoms with E-state index in [0.29, 0.717) is 0 Å². The molecule has 0 unspecified atom stereocenters. The van der Waals surface area contributed by atoms with Crippen molar-refractivity contribution in [2.75, 3.05) is 7.11 Å². The molecule has 0 aromatic heterocycles. The molecule has 1 heteroatoms. The Morgan fingerprint density at radius 1 is 0.875 bits per heavy atom. The Morgan fingerprint density at radius 3 is 2.19 bits per heavy atom. The zero-order chi connectivity index (χ0) is 11.5. The molecule has 2 aromatic carbocycles. The van der Waals surface area contributed by atoms with Crippen molar-refractivity contribution in [3.63, 3.8) is 0 Å². The molecule has 1 nitrogen and oxygen atoms in total. The first-order chi connectivity index (χ1) is 7.72. The second-order valence-corrected chi connectivity index (χ2v) is 4.02. The maximum atomic E-state index is 5.46. The van der Waals surface area contributed by atoms with Crippen LogP contribution in [0.5, 0.6) is 5.75 Å². The zero-order valence-electron chi connectivity index (χ0n) is 9.95. The second-order valence-electron chi connectivity index (χ2n) is 4.02. The summed E-state index contributed by atoms with van der Waals surface area (Å²) in [5, 5.41) is 0. The average Bonchev–Trinajstić information content (AvgIpc) is 2.30. The minimum Gasteiger partial charge on any atom is -0.496 e. The van der Waals surface area contributed by atoms with E-state index in [-0.39, 0.29) is 0 Å². The van der Waals surface area contributed by atoms with Crippen molar-refractivity contribution in [2.24, 2.45) is 0 Å². The molecule has 0 aliphatic carbocycles. The molecule has 0 aliphatic rings. The Labute approximate surface area is 96.7 Å². The Kier molecular flexibility index (Phi) is 2.95. The van der Waals surface area contributed by atoms with Gasteiger partial charge in [-0.1, -0.05) is 48.0 Å². The van der Waals surface area contributed by atoms with E-state index in [0.717, 1.165) is 11.3 Å². The molecule has 2 aromatic rings. The van der Waals surface area contributed by atoms with Crippen LogP contribution < -0.4 is 4.74 Å². The molecular weight excluding hydrogens is 196 g/mol. The predicted molar refractivity (Wildman–Crippen MR) is 67.9 cm³/mol. The summed E-state index contributed by atoms with van der Waals surface area (Å²) in [6, 6.07) is 14.7. The van der Waals surface area contributed by atoms with Crippen LogP contribution in [0.3, 0.4) is 0 Å². The average molecular weight is 212 g/mol. The van der Waals surface area contributed by atoms with Crippen LogP contribution in [-0.2, 0) is 0 Å². The Bertz CT molecular complexity index is 483. The first-order valence-electron chi connectivity index (χ1n) is 5.43. The van der Waals surface area contributed by atoms with Crippen molar-refractivity contribution in [2.45, 2.75) is 13.8 Å². The topological polar surface area (TPSA) is 9.23 Å². The van der Waals surface area contributed by atoms with Gasteiger partial charge < -0.3 is 4.74 Å². The lowest BCUT2D eigenvalue weighted by atomic mass is 10.0. The van der Waals surface area contributed by atoms with Gasteiger partial charge in [0, 0.05) is 5.56 Å². The largest absolute Gasteiger partial charge is 0.496 e. The Morgan fingerprint density at radius 2 is 1.56 bits per heavy atom. The summed E-state index contributed by atoms with van der Waals surface area (Å²) in [6.45, 7) is 4.16. The lowest BCUT2D eigenvalue weighted by molar-refractivity contribution is 0.413. The van der Waals surface area contributed by atoms with Crippen molar-refractivity contribution in [1.82, 2.24) is 0 Å². The molecule has 0 fully saturated rings. The van der Waals surface area contributed by atoms with Gasteiger partial charge in [0.1, 0.15) is 5.75 Å². The highest BCUT2D eigenvalue weighted by atomic mass is 16.5. The number of rotatable bonds is 2. The van der Waals surface area contributed by atoms with Crippen LogP contribution in [0.1, 0.15) is 11.1 Å². The van der Waals surface area contributed by atoms with Crippen molar-refractivity contribution < 1.29 is 4.74 Å². The number of ether oxygens (including phenoxy) is 1. The quantitative estimate of drug-likeness (QED) is 0.731.